The molecule has 5 aromatic rings. The third-order valence-electron chi connectivity index (χ3n) is 6.85. The number of nitriles is 1. The van der Waals surface area contributed by atoms with Gasteiger partial charge in [-0.15, -0.1) is 0 Å². The lowest BCUT2D eigenvalue weighted by Crippen LogP contribution is -2.14. The molecular weight excluding hydrogens is 506 g/mol. The summed E-state index contributed by atoms with van der Waals surface area (Å²) in [6, 6.07) is 38.0. The first-order valence-electron chi connectivity index (χ1n) is 13.6. The molecule has 0 spiro atoms. The highest BCUT2D eigenvalue weighted by Gasteiger charge is 2.20. The second-order valence-corrected chi connectivity index (χ2v) is 9.77. The molecule has 0 aliphatic rings. The minimum atomic E-state index is -0.450. The first-order chi connectivity index (χ1) is 20.0. The van der Waals surface area contributed by atoms with Gasteiger partial charge < -0.3 is 14.6 Å². The van der Waals surface area contributed by atoms with Crippen molar-refractivity contribution in [3.05, 3.63) is 131 Å². The van der Waals surface area contributed by atoms with E-state index in [1.54, 1.807) is 6.08 Å². The number of nitrogens with one attached hydrogen (secondary N) is 1. The summed E-state index contributed by atoms with van der Waals surface area (Å²) < 4.78 is 7.86. The maximum Gasteiger partial charge on any atom is 0.266 e. The van der Waals surface area contributed by atoms with Gasteiger partial charge in [0.15, 0.2) is 0 Å². The van der Waals surface area contributed by atoms with Crippen molar-refractivity contribution in [2.75, 3.05) is 11.9 Å². The van der Waals surface area contributed by atoms with Crippen LogP contribution in [-0.2, 0) is 4.79 Å². The number of hydrogen-bond acceptors (Lipinski definition) is 3. The third-order valence-corrected chi connectivity index (χ3v) is 6.85. The summed E-state index contributed by atoms with van der Waals surface area (Å²) in [5.74, 6) is 0.342. The zero-order valence-electron chi connectivity index (χ0n) is 23.4. The summed E-state index contributed by atoms with van der Waals surface area (Å²) in [6.45, 7) is 6.49. The van der Waals surface area contributed by atoms with Crippen molar-refractivity contribution in [2.45, 2.75) is 20.8 Å². The van der Waals surface area contributed by atoms with Crippen molar-refractivity contribution in [3.8, 4) is 40.0 Å². The van der Waals surface area contributed by atoms with Gasteiger partial charge in [-0.05, 0) is 79.9 Å². The maximum atomic E-state index is 13.3. The van der Waals surface area contributed by atoms with E-state index < -0.39 is 5.91 Å². The first kappa shape index (κ1) is 27.2. The largest absolute Gasteiger partial charge is 0.494 e. The summed E-state index contributed by atoms with van der Waals surface area (Å²) in [6.07, 6.45) is 1.68. The average molecular weight is 538 g/mol. The third kappa shape index (κ3) is 5.98. The Morgan fingerprint density at radius 3 is 2.15 bits per heavy atom. The van der Waals surface area contributed by atoms with Crippen LogP contribution in [0.1, 0.15) is 23.6 Å². The maximum absolute atomic E-state index is 13.3. The number of rotatable bonds is 8. The lowest BCUT2D eigenvalue weighted by Gasteiger charge is -2.16. The van der Waals surface area contributed by atoms with E-state index in [2.05, 4.69) is 28.1 Å². The Hall–Kier alpha value is -5.34. The fourth-order valence-electron chi connectivity index (χ4n) is 4.93. The van der Waals surface area contributed by atoms with E-state index in [1.165, 1.54) is 0 Å². The molecule has 0 aliphatic heterocycles. The summed E-state index contributed by atoms with van der Waals surface area (Å²) in [4.78, 5) is 13.3. The van der Waals surface area contributed by atoms with Gasteiger partial charge in [-0.1, -0.05) is 78.4 Å². The van der Waals surface area contributed by atoms with Gasteiger partial charge in [-0.2, -0.15) is 5.26 Å². The van der Waals surface area contributed by atoms with Crippen LogP contribution in [0.2, 0.25) is 0 Å². The van der Waals surface area contributed by atoms with Crippen LogP contribution in [-0.4, -0.2) is 17.1 Å². The fourth-order valence-corrected chi connectivity index (χ4v) is 4.93. The number of carbonyl (C=O) groups is 1. The number of aryl methyl sites for hydroxylation is 2. The lowest BCUT2D eigenvalue weighted by molar-refractivity contribution is -0.112. The highest BCUT2D eigenvalue weighted by atomic mass is 16.5. The fraction of sp³-hybridized carbons (Fsp3) is 0.111. The SMILES string of the molecule is CCOc1ccc(-n2c(-c3ccccc3)cc(/C=C(\C#N)C(=O)Nc3ccc(C)cc3C)c2-c2ccccc2)cc1. The molecule has 5 rings (SSSR count). The smallest absolute Gasteiger partial charge is 0.266 e. The monoisotopic (exact) mass is 537 g/mol. The molecule has 0 bridgehead atoms. The molecule has 0 unspecified atom stereocenters. The van der Waals surface area contributed by atoms with Crippen LogP contribution >= 0.6 is 0 Å². The Morgan fingerprint density at radius 2 is 1.54 bits per heavy atom. The molecule has 5 heteroatoms. The number of benzene rings is 4. The zero-order valence-corrected chi connectivity index (χ0v) is 23.4. The van der Waals surface area contributed by atoms with Gasteiger partial charge in [0, 0.05) is 16.9 Å². The summed E-state index contributed by atoms with van der Waals surface area (Å²) in [5, 5.41) is 13.0. The van der Waals surface area contributed by atoms with Crippen LogP contribution in [0.3, 0.4) is 0 Å². The van der Waals surface area contributed by atoms with Crippen LogP contribution in [0, 0.1) is 25.2 Å². The van der Waals surface area contributed by atoms with Gasteiger partial charge in [0.2, 0.25) is 0 Å². The molecule has 4 aromatic carbocycles. The second kappa shape index (κ2) is 12.2. The minimum absolute atomic E-state index is 0.0191. The molecule has 1 amide bonds. The van der Waals surface area contributed by atoms with Crippen molar-refractivity contribution in [1.29, 1.82) is 5.26 Å². The minimum Gasteiger partial charge on any atom is -0.494 e. The molecule has 1 heterocycles. The molecule has 1 aromatic heterocycles. The molecular formula is C36H31N3O2. The molecule has 0 atom stereocenters. The quantitative estimate of drug-likeness (QED) is 0.160. The summed E-state index contributed by atoms with van der Waals surface area (Å²) >= 11 is 0. The highest BCUT2D eigenvalue weighted by Crippen LogP contribution is 2.37. The number of carbonyl (C=O) groups excluding carboxylic acids is 1. The van der Waals surface area contributed by atoms with E-state index in [-0.39, 0.29) is 5.57 Å². The first-order valence-corrected chi connectivity index (χ1v) is 13.6. The van der Waals surface area contributed by atoms with E-state index in [1.807, 2.05) is 118 Å². The van der Waals surface area contributed by atoms with Crippen molar-refractivity contribution < 1.29 is 9.53 Å². The van der Waals surface area contributed by atoms with Gasteiger partial charge >= 0.3 is 0 Å². The van der Waals surface area contributed by atoms with Crippen LogP contribution in [0.5, 0.6) is 5.75 Å². The molecule has 5 nitrogen and oxygen atoms in total. The zero-order chi connectivity index (χ0) is 28.8. The molecule has 0 aliphatic carbocycles. The van der Waals surface area contributed by atoms with E-state index in [0.29, 0.717) is 12.3 Å². The van der Waals surface area contributed by atoms with Crippen LogP contribution in [0.25, 0.3) is 34.3 Å². The van der Waals surface area contributed by atoms with Gasteiger partial charge in [0.25, 0.3) is 5.91 Å². The van der Waals surface area contributed by atoms with E-state index in [4.69, 9.17) is 4.74 Å². The number of nitrogens with zero attached hydrogens (tertiary/aromatic N) is 2. The normalized spacial score (nSPS) is 11.1. The van der Waals surface area contributed by atoms with Crippen LogP contribution < -0.4 is 10.1 Å². The van der Waals surface area contributed by atoms with Crippen molar-refractivity contribution in [3.63, 3.8) is 0 Å². The molecule has 0 radical (unpaired) electrons. The van der Waals surface area contributed by atoms with Crippen molar-refractivity contribution >= 4 is 17.7 Å². The van der Waals surface area contributed by atoms with Crippen LogP contribution in [0.15, 0.2) is 115 Å². The van der Waals surface area contributed by atoms with Crippen molar-refractivity contribution in [1.82, 2.24) is 4.57 Å². The summed E-state index contributed by atoms with van der Waals surface area (Å²) in [5.41, 5.74) is 8.22. The van der Waals surface area contributed by atoms with Gasteiger partial charge in [0.1, 0.15) is 17.4 Å². The molecule has 0 saturated heterocycles. The molecule has 202 valence electrons. The standard InChI is InChI=1S/C36H31N3O2/c1-4-41-32-18-16-31(17-19-32)39-34(27-11-7-5-8-12-27)23-29(35(39)28-13-9-6-10-14-28)22-30(24-37)36(40)38-33-20-15-25(2)21-26(33)3/h5-23H,4H2,1-3H3,(H,38,40)/b30-22+. The highest BCUT2D eigenvalue weighted by molar-refractivity contribution is 6.10. The van der Waals surface area contributed by atoms with E-state index >= 15 is 0 Å². The Balaban J connectivity index is 1.70. The topological polar surface area (TPSA) is 67.0 Å². The molecule has 1 N–H and O–H groups in total. The molecule has 41 heavy (non-hydrogen) atoms. The Kier molecular flexibility index (Phi) is 8.13. The Bertz CT molecular complexity index is 1740. The predicted octanol–water partition coefficient (Wildman–Crippen LogP) is 8.37. The number of aromatic nitrogens is 1. The number of hydrogen-bond donors (Lipinski definition) is 1. The van der Waals surface area contributed by atoms with Crippen LogP contribution in [0.4, 0.5) is 5.69 Å². The van der Waals surface area contributed by atoms with E-state index in [0.717, 1.165) is 50.6 Å². The molecule has 0 saturated carbocycles. The second-order valence-electron chi connectivity index (χ2n) is 9.77. The number of ether oxygens (including phenoxy) is 1. The van der Waals surface area contributed by atoms with Crippen molar-refractivity contribution in [2.24, 2.45) is 0 Å². The Labute approximate surface area is 241 Å². The molecule has 0 fully saturated rings. The van der Waals surface area contributed by atoms with Gasteiger partial charge in [-0.25, -0.2) is 0 Å². The van der Waals surface area contributed by atoms with Gasteiger partial charge in [0.05, 0.1) is 18.0 Å². The average Bonchev–Trinajstić information content (AvgIpc) is 3.38. The van der Waals surface area contributed by atoms with E-state index in [9.17, 15) is 10.1 Å². The summed E-state index contributed by atoms with van der Waals surface area (Å²) in [7, 11) is 0. The van der Waals surface area contributed by atoms with Gasteiger partial charge in [-0.3, -0.25) is 4.79 Å². The predicted molar refractivity (Wildman–Crippen MR) is 166 cm³/mol. The Morgan fingerprint density at radius 1 is 0.878 bits per heavy atom. The number of amides is 1. The lowest BCUT2D eigenvalue weighted by atomic mass is 10.0. The number of anilines is 1.